The molecule has 1 aromatic carbocycles. The molecule has 13 heavy (non-hydrogen) atoms. The molecule has 0 amide bonds. The summed E-state index contributed by atoms with van der Waals surface area (Å²) in [5.41, 5.74) is 2.82. The van der Waals surface area contributed by atoms with Gasteiger partial charge in [-0.25, -0.2) is 0 Å². The van der Waals surface area contributed by atoms with Gasteiger partial charge in [0.15, 0.2) is 0 Å². The van der Waals surface area contributed by atoms with E-state index in [4.69, 9.17) is 0 Å². The van der Waals surface area contributed by atoms with Gasteiger partial charge in [-0.3, -0.25) is 0 Å². The molecule has 1 heteroatoms. The quantitative estimate of drug-likeness (QED) is 0.721. The molecule has 0 N–H and O–H groups in total. The van der Waals surface area contributed by atoms with Gasteiger partial charge in [0.05, 0.1) is 0 Å². The van der Waals surface area contributed by atoms with E-state index in [1.807, 2.05) is 0 Å². The van der Waals surface area contributed by atoms with Crippen LogP contribution in [0.25, 0.3) is 0 Å². The van der Waals surface area contributed by atoms with Crippen LogP contribution < -0.4 is 0 Å². The van der Waals surface area contributed by atoms with Crippen LogP contribution >= 0.6 is 15.9 Å². The average molecular weight is 238 g/mol. The van der Waals surface area contributed by atoms with E-state index < -0.39 is 0 Å². The predicted molar refractivity (Wildman–Crippen MR) is 59.9 cm³/mol. The molecule has 0 spiro atoms. The molecule has 0 heterocycles. The van der Waals surface area contributed by atoms with Gasteiger partial charge in [0, 0.05) is 4.47 Å². The summed E-state index contributed by atoms with van der Waals surface area (Å²) in [6.45, 7) is 6.20. The topological polar surface area (TPSA) is 0 Å². The normalized spacial score (nSPS) is 16.6. The van der Waals surface area contributed by atoms with E-state index in [1.165, 1.54) is 28.4 Å². The van der Waals surface area contributed by atoms with Crippen molar-refractivity contribution in [3.63, 3.8) is 0 Å². The lowest BCUT2D eigenvalue weighted by Crippen LogP contribution is -1.92. The van der Waals surface area contributed by atoms with Crippen molar-refractivity contribution >= 4 is 15.9 Å². The Morgan fingerprint density at radius 3 is 2.69 bits per heavy atom. The Bertz CT molecular complexity index is 291. The third-order valence-electron chi connectivity index (χ3n) is 2.61. The van der Waals surface area contributed by atoms with Crippen molar-refractivity contribution in [3.8, 4) is 0 Å². The molecule has 1 saturated carbocycles. The highest BCUT2D eigenvalue weighted by atomic mass is 79.9. The lowest BCUT2D eigenvalue weighted by atomic mass is 9.99. The molecule has 1 aliphatic carbocycles. The van der Waals surface area contributed by atoms with Crippen molar-refractivity contribution in [1.29, 1.82) is 0 Å². The summed E-state index contributed by atoms with van der Waals surface area (Å²) in [7, 11) is 0. The Morgan fingerprint density at radius 2 is 2.15 bits per heavy atom. The second-order valence-corrected chi connectivity index (χ2v) is 4.72. The van der Waals surface area contributed by atoms with Gasteiger partial charge in [0.1, 0.15) is 0 Å². The lowest BCUT2D eigenvalue weighted by Gasteiger charge is -2.11. The van der Waals surface area contributed by atoms with Crippen molar-refractivity contribution in [2.24, 2.45) is 0 Å². The van der Waals surface area contributed by atoms with Gasteiger partial charge in [-0.05, 0) is 42.7 Å². The van der Waals surface area contributed by atoms with E-state index in [-0.39, 0.29) is 0 Å². The zero-order chi connectivity index (χ0) is 9.42. The highest BCUT2D eigenvalue weighted by Gasteiger charge is 2.26. The van der Waals surface area contributed by atoms with Gasteiger partial charge in [-0.1, -0.05) is 41.1 Å². The molecule has 0 saturated heterocycles. The average Bonchev–Trinajstić information content (AvgIpc) is 2.87. The monoisotopic (exact) mass is 237 g/mol. The molecule has 1 radical (unpaired) electrons. The summed E-state index contributed by atoms with van der Waals surface area (Å²) in [4.78, 5) is 0. The molecular weight excluding hydrogens is 224 g/mol. The largest absolute Gasteiger partial charge is 0.0616 e. The molecule has 0 nitrogen and oxygen atoms in total. The van der Waals surface area contributed by atoms with E-state index in [0.29, 0.717) is 5.92 Å². The third-order valence-corrected chi connectivity index (χ3v) is 3.52. The van der Waals surface area contributed by atoms with Crippen LogP contribution in [-0.4, -0.2) is 0 Å². The molecule has 0 aromatic heterocycles. The summed E-state index contributed by atoms with van der Waals surface area (Å²) in [5, 5.41) is 0. The number of benzene rings is 1. The van der Waals surface area contributed by atoms with E-state index >= 15 is 0 Å². The summed E-state index contributed by atoms with van der Waals surface area (Å²) in [6.07, 6.45) is 2.71. The molecule has 1 unspecified atom stereocenters. The minimum atomic E-state index is 0.369. The van der Waals surface area contributed by atoms with E-state index in [1.54, 1.807) is 0 Å². The fourth-order valence-electron chi connectivity index (χ4n) is 1.66. The Kier molecular flexibility index (Phi) is 2.46. The summed E-state index contributed by atoms with van der Waals surface area (Å²) >= 11 is 3.68. The number of rotatable bonds is 2. The summed E-state index contributed by atoms with van der Waals surface area (Å²) < 4.78 is 1.29. The van der Waals surface area contributed by atoms with Crippen LogP contribution in [-0.2, 0) is 0 Å². The summed E-state index contributed by atoms with van der Waals surface area (Å²) in [5.74, 6) is 1.18. The minimum Gasteiger partial charge on any atom is -0.0616 e. The van der Waals surface area contributed by atoms with Crippen molar-refractivity contribution in [2.75, 3.05) is 0 Å². The maximum Gasteiger partial charge on any atom is 0.0244 e. The Hall–Kier alpha value is -0.300. The summed E-state index contributed by atoms with van der Waals surface area (Å²) in [6, 6.07) is 6.54. The first-order valence-corrected chi connectivity index (χ1v) is 5.61. The van der Waals surface area contributed by atoms with Crippen molar-refractivity contribution in [2.45, 2.75) is 31.6 Å². The Balaban J connectivity index is 2.41. The fraction of sp³-hybridized carbons (Fsp3) is 0.417. The number of hydrogen-bond donors (Lipinski definition) is 0. The van der Waals surface area contributed by atoms with Gasteiger partial charge in [0.25, 0.3) is 0 Å². The Labute approximate surface area is 88.5 Å². The van der Waals surface area contributed by atoms with Gasteiger partial charge in [-0.15, -0.1) is 0 Å². The molecule has 69 valence electrons. The van der Waals surface area contributed by atoms with Crippen LogP contribution in [0, 0.1) is 6.92 Å². The van der Waals surface area contributed by atoms with E-state index in [2.05, 4.69) is 48.0 Å². The van der Waals surface area contributed by atoms with Gasteiger partial charge < -0.3 is 0 Å². The first-order valence-electron chi connectivity index (χ1n) is 4.81. The first-order chi connectivity index (χ1) is 6.20. The van der Waals surface area contributed by atoms with E-state index in [0.717, 1.165) is 5.92 Å². The van der Waals surface area contributed by atoms with Crippen LogP contribution in [0.1, 0.15) is 42.7 Å². The maximum absolute atomic E-state index is 4.06. The number of halogens is 1. The highest BCUT2D eigenvalue weighted by molar-refractivity contribution is 9.10. The van der Waals surface area contributed by atoms with Crippen molar-refractivity contribution < 1.29 is 0 Å². The molecule has 1 aromatic rings. The molecular formula is C12H14Br. The van der Waals surface area contributed by atoms with Crippen LogP contribution in [0.2, 0.25) is 0 Å². The minimum absolute atomic E-state index is 0.369. The SMILES string of the molecule is [CH2]C(C)c1cccc(C2CC2)c1Br. The van der Waals surface area contributed by atoms with E-state index in [9.17, 15) is 0 Å². The maximum atomic E-state index is 4.06. The Morgan fingerprint density at radius 1 is 1.46 bits per heavy atom. The molecule has 1 aliphatic rings. The molecule has 0 bridgehead atoms. The van der Waals surface area contributed by atoms with Crippen LogP contribution in [0.3, 0.4) is 0 Å². The van der Waals surface area contributed by atoms with Crippen LogP contribution in [0.5, 0.6) is 0 Å². The van der Waals surface area contributed by atoms with Gasteiger partial charge >= 0.3 is 0 Å². The molecule has 2 rings (SSSR count). The third kappa shape index (κ3) is 1.80. The second kappa shape index (κ2) is 3.45. The lowest BCUT2D eigenvalue weighted by molar-refractivity contribution is 0.943. The smallest absolute Gasteiger partial charge is 0.0244 e. The first kappa shape index (κ1) is 9.26. The van der Waals surface area contributed by atoms with Crippen molar-refractivity contribution in [1.82, 2.24) is 0 Å². The van der Waals surface area contributed by atoms with Crippen LogP contribution in [0.15, 0.2) is 22.7 Å². The predicted octanol–water partition coefficient (Wildman–Crippen LogP) is 4.26. The zero-order valence-corrected chi connectivity index (χ0v) is 9.47. The second-order valence-electron chi connectivity index (χ2n) is 3.93. The molecule has 1 fully saturated rings. The van der Waals surface area contributed by atoms with Crippen molar-refractivity contribution in [3.05, 3.63) is 40.7 Å². The van der Waals surface area contributed by atoms with Gasteiger partial charge in [0.2, 0.25) is 0 Å². The van der Waals surface area contributed by atoms with Gasteiger partial charge in [-0.2, -0.15) is 0 Å². The number of hydrogen-bond acceptors (Lipinski definition) is 0. The molecule has 0 aliphatic heterocycles. The fourth-order valence-corrected chi connectivity index (χ4v) is 2.64. The van der Waals surface area contributed by atoms with Crippen LogP contribution in [0.4, 0.5) is 0 Å². The standard InChI is InChI=1S/C12H14Br/c1-8(2)10-4-3-5-11(12(10)13)9-6-7-9/h3-5,8-9H,1,6-7H2,2H3. The highest BCUT2D eigenvalue weighted by Crippen LogP contribution is 2.44. The molecule has 1 atom stereocenters. The zero-order valence-electron chi connectivity index (χ0n) is 7.89.